The molecule has 3 aliphatic heterocycles. The van der Waals surface area contributed by atoms with Gasteiger partial charge in [-0.05, 0) is 52.4 Å². The minimum absolute atomic E-state index is 0.192. The summed E-state index contributed by atoms with van der Waals surface area (Å²) in [6, 6.07) is 12.1. The van der Waals surface area contributed by atoms with Crippen LogP contribution >= 0.6 is 0 Å². The molecule has 2 saturated heterocycles. The van der Waals surface area contributed by atoms with Crippen molar-refractivity contribution in [2.45, 2.75) is 61.3 Å². The normalized spacial score (nSPS) is 26.2. The molecule has 0 saturated carbocycles. The second-order valence-electron chi connectivity index (χ2n) is 10.2. The Bertz CT molecular complexity index is 1290. The average Bonchev–Trinajstić information content (AvgIpc) is 3.21. The Balaban J connectivity index is 1.24. The van der Waals surface area contributed by atoms with Crippen LogP contribution in [0.25, 0.3) is 0 Å². The molecule has 12 radical (unpaired) electrons. The third kappa shape index (κ3) is 5.33. The number of nitrogens with zero attached hydrogens (tertiary/aromatic N) is 2. The average molecular weight is 508 g/mol. The van der Waals surface area contributed by atoms with Crippen molar-refractivity contribution in [3.05, 3.63) is 64.7 Å². The van der Waals surface area contributed by atoms with E-state index in [0.717, 1.165) is 11.1 Å². The number of amides is 3. The molecule has 5 rings (SSSR count). The minimum atomic E-state index is -1.79. The number of imide groups is 1. The second-order valence-corrected chi connectivity index (χ2v) is 10.2. The molecule has 3 unspecified atom stereocenters. The van der Waals surface area contributed by atoms with E-state index >= 15 is 0 Å². The zero-order valence-electron chi connectivity index (χ0n) is 21.2. The molecular weight excluding hydrogens is 487 g/mol. The van der Waals surface area contributed by atoms with Gasteiger partial charge in [0.1, 0.15) is 49.8 Å². The number of nitrogens with one attached hydrogen (secondary N) is 1. The number of benzene rings is 2. The Labute approximate surface area is 235 Å². The maximum absolute atomic E-state index is 13.0. The molecule has 2 aromatic carbocycles. The van der Waals surface area contributed by atoms with E-state index in [1.54, 1.807) is 23.1 Å². The van der Waals surface area contributed by atoms with Crippen molar-refractivity contribution in [3.63, 3.8) is 0 Å². The van der Waals surface area contributed by atoms with E-state index in [0.29, 0.717) is 23.3 Å². The molecule has 0 aromatic heterocycles. The van der Waals surface area contributed by atoms with Crippen LogP contribution in [0.15, 0.2) is 42.5 Å². The highest BCUT2D eigenvalue weighted by Gasteiger charge is 2.45. The summed E-state index contributed by atoms with van der Waals surface area (Å²) >= 11 is 0. The Morgan fingerprint density at radius 2 is 1.59 bits per heavy atom. The molecule has 0 spiro atoms. The zero-order valence-corrected chi connectivity index (χ0v) is 21.2. The summed E-state index contributed by atoms with van der Waals surface area (Å²) in [7, 11) is 36.0. The van der Waals surface area contributed by atoms with Gasteiger partial charge in [0, 0.05) is 24.1 Å². The highest BCUT2D eigenvalue weighted by Crippen LogP contribution is 2.34. The second kappa shape index (κ2) is 10.3. The lowest BCUT2D eigenvalue weighted by Crippen LogP contribution is -2.73. The number of morpholine rings is 1. The van der Waals surface area contributed by atoms with Gasteiger partial charge >= 0.3 is 0 Å². The maximum atomic E-state index is 13.0. The van der Waals surface area contributed by atoms with E-state index in [4.69, 9.17) is 56.6 Å². The Kier molecular flexibility index (Phi) is 7.31. The predicted octanol–water partition coefficient (Wildman–Crippen LogP) is -1.17. The Morgan fingerprint density at radius 3 is 2.23 bits per heavy atom. The Morgan fingerprint density at radius 1 is 0.949 bits per heavy atom. The summed E-state index contributed by atoms with van der Waals surface area (Å²) in [5.74, 6) is -2.41. The molecule has 8 nitrogen and oxygen atoms in total. The molecule has 1 N–H and O–H groups in total. The van der Waals surface area contributed by atoms with Crippen LogP contribution in [0.5, 0.6) is 5.75 Å². The fourth-order valence-electron chi connectivity index (χ4n) is 5.12. The van der Waals surface area contributed by atoms with Gasteiger partial charge in [-0.15, -0.1) is 0 Å². The van der Waals surface area contributed by atoms with Crippen molar-refractivity contribution in [3.8, 4) is 5.75 Å². The smallest absolute Gasteiger partial charge is 0.255 e. The van der Waals surface area contributed by atoms with Crippen LogP contribution in [0.1, 0.15) is 39.9 Å². The number of rotatable bonds is 6. The summed E-state index contributed by atoms with van der Waals surface area (Å²) in [5, 5.41) is -1.28. The number of carbonyl (C=O) groups excluding carboxylic acids is 3. The van der Waals surface area contributed by atoms with Gasteiger partial charge < -0.3 is 19.3 Å². The highest BCUT2D eigenvalue weighted by atomic mass is 16.5. The molecule has 3 aliphatic rings. The maximum Gasteiger partial charge on any atom is 0.255 e. The summed E-state index contributed by atoms with van der Waals surface area (Å²) in [6.07, 6.45) is 0.486. The zero-order chi connectivity index (χ0) is 28.1. The largest absolute Gasteiger partial charge is 0.489 e. The van der Waals surface area contributed by atoms with Crippen molar-refractivity contribution in [2.24, 2.45) is 0 Å². The van der Waals surface area contributed by atoms with Crippen LogP contribution in [0.2, 0.25) is 0 Å². The standard InChI is InChI=1S/C25H21B6N3O5/c26-22-24(28,29)39-25(30,31)23(27)34(22)10-13-4-6-14(7-5-13)12-38-18-3-1-2-15-16(18)11-33(21(15)37)17-8-9-19(35)32-20(17)36/h1-7,17,22-23H,8-12H2,(H,32,35,36). The lowest BCUT2D eigenvalue weighted by molar-refractivity contribution is -0.136. The molecule has 3 heterocycles. The summed E-state index contributed by atoms with van der Waals surface area (Å²) in [4.78, 5) is 39.9. The number of fused-ring (bicyclic) bond motifs is 1. The predicted molar refractivity (Wildman–Crippen MR) is 147 cm³/mol. The van der Waals surface area contributed by atoms with Gasteiger partial charge in [0.2, 0.25) is 11.8 Å². The summed E-state index contributed by atoms with van der Waals surface area (Å²) in [6.45, 7) is 0.732. The molecule has 3 atom stereocenters. The number of carbonyl (C=O) groups is 3. The van der Waals surface area contributed by atoms with Crippen LogP contribution in [0.4, 0.5) is 0 Å². The number of hydrogen-bond acceptors (Lipinski definition) is 6. The quantitative estimate of drug-likeness (QED) is 0.391. The lowest BCUT2D eigenvalue weighted by atomic mass is 9.46. The van der Waals surface area contributed by atoms with Gasteiger partial charge in [0.05, 0.1) is 22.2 Å². The molecule has 0 bridgehead atoms. The molecule has 2 fully saturated rings. The van der Waals surface area contributed by atoms with Crippen molar-refractivity contribution in [1.29, 1.82) is 0 Å². The van der Waals surface area contributed by atoms with Crippen LogP contribution in [-0.2, 0) is 34.0 Å². The van der Waals surface area contributed by atoms with E-state index in [-0.39, 0.29) is 37.9 Å². The molecular formula is C25H21B6N3O5. The lowest BCUT2D eigenvalue weighted by Gasteiger charge is -2.59. The highest BCUT2D eigenvalue weighted by molar-refractivity contribution is 6.47. The third-order valence-corrected chi connectivity index (χ3v) is 7.31. The van der Waals surface area contributed by atoms with E-state index in [9.17, 15) is 14.4 Å². The minimum Gasteiger partial charge on any atom is -0.489 e. The fourth-order valence-corrected chi connectivity index (χ4v) is 5.12. The summed E-state index contributed by atoms with van der Waals surface area (Å²) < 4.78 is 11.4. The monoisotopic (exact) mass is 509 g/mol. The van der Waals surface area contributed by atoms with Crippen LogP contribution in [0, 0.1) is 0 Å². The summed E-state index contributed by atoms with van der Waals surface area (Å²) in [5.41, 5.74) is 2.91. The molecule has 0 aliphatic carbocycles. The first-order valence-electron chi connectivity index (χ1n) is 12.5. The molecule has 184 valence electrons. The van der Waals surface area contributed by atoms with E-state index < -0.39 is 34.6 Å². The molecule has 3 amide bonds. The van der Waals surface area contributed by atoms with Crippen LogP contribution in [-0.4, -0.2) is 103 Å². The Hall–Kier alpha value is -2.84. The fraction of sp³-hybridized carbons (Fsp3) is 0.400. The molecule has 2 aromatic rings. The van der Waals surface area contributed by atoms with Gasteiger partial charge in [0.25, 0.3) is 5.91 Å². The first kappa shape index (κ1) is 27.7. The molecule has 14 heteroatoms. The van der Waals surface area contributed by atoms with Gasteiger partial charge in [-0.25, -0.2) is 0 Å². The number of ether oxygens (including phenoxy) is 2. The number of hydrogen-bond donors (Lipinski definition) is 1. The first-order valence-corrected chi connectivity index (χ1v) is 12.5. The van der Waals surface area contributed by atoms with Crippen molar-refractivity contribution in [1.82, 2.24) is 15.1 Å². The number of piperidine rings is 1. The topological polar surface area (TPSA) is 88.2 Å². The van der Waals surface area contributed by atoms with Crippen LogP contribution in [0.3, 0.4) is 0 Å². The third-order valence-electron chi connectivity index (χ3n) is 7.31. The van der Waals surface area contributed by atoms with Gasteiger partial charge in [0.15, 0.2) is 0 Å². The van der Waals surface area contributed by atoms with Crippen LogP contribution < -0.4 is 10.1 Å². The van der Waals surface area contributed by atoms with Crippen molar-refractivity contribution >= 4 is 64.8 Å². The van der Waals surface area contributed by atoms with Gasteiger partial charge in [-0.3, -0.25) is 19.7 Å². The van der Waals surface area contributed by atoms with E-state index in [1.165, 1.54) is 4.90 Å². The van der Waals surface area contributed by atoms with Crippen molar-refractivity contribution < 1.29 is 23.9 Å². The molecule has 39 heavy (non-hydrogen) atoms. The van der Waals surface area contributed by atoms with Gasteiger partial charge in [-0.1, -0.05) is 30.3 Å². The van der Waals surface area contributed by atoms with Gasteiger partial charge in [-0.2, -0.15) is 0 Å². The first-order chi connectivity index (χ1) is 18.4. The van der Waals surface area contributed by atoms with E-state index in [2.05, 4.69) is 5.32 Å². The SMILES string of the molecule is [B]C1N(Cc2ccc(COc3cccc4c3CN(C3CCC(=O)NC3=O)C4=O)cc2)C([B])C([B])([B])OC1([B])[B]. The van der Waals surface area contributed by atoms with E-state index in [1.807, 2.05) is 24.3 Å². The van der Waals surface area contributed by atoms with Crippen molar-refractivity contribution in [2.75, 3.05) is 0 Å².